The standard InChI is InChI=1S/C10H15ClN2S/c1-3-9-6-10(13-7-12-9)14-8(2)4-5-11/h6-8H,3-5H2,1-2H3. The molecule has 14 heavy (non-hydrogen) atoms. The van der Waals surface area contributed by atoms with Gasteiger partial charge >= 0.3 is 0 Å². The molecule has 0 aromatic carbocycles. The fourth-order valence-electron chi connectivity index (χ4n) is 1.05. The van der Waals surface area contributed by atoms with E-state index >= 15 is 0 Å². The number of halogens is 1. The van der Waals surface area contributed by atoms with Crippen LogP contribution in [0.3, 0.4) is 0 Å². The summed E-state index contributed by atoms with van der Waals surface area (Å²) in [7, 11) is 0. The molecule has 2 nitrogen and oxygen atoms in total. The van der Waals surface area contributed by atoms with Crippen LogP contribution >= 0.6 is 23.4 Å². The topological polar surface area (TPSA) is 25.8 Å². The van der Waals surface area contributed by atoms with Gasteiger partial charge in [0.05, 0.1) is 5.03 Å². The molecular formula is C10H15ClN2S. The summed E-state index contributed by atoms with van der Waals surface area (Å²) in [5.41, 5.74) is 1.10. The lowest BCUT2D eigenvalue weighted by molar-refractivity contribution is 0.897. The summed E-state index contributed by atoms with van der Waals surface area (Å²) in [6, 6.07) is 2.05. The molecule has 0 fully saturated rings. The van der Waals surface area contributed by atoms with Crippen molar-refractivity contribution in [1.82, 2.24) is 9.97 Å². The first-order valence-electron chi connectivity index (χ1n) is 4.79. The average Bonchev–Trinajstić information content (AvgIpc) is 2.18. The van der Waals surface area contributed by atoms with Gasteiger partial charge < -0.3 is 0 Å². The lowest BCUT2D eigenvalue weighted by Crippen LogP contribution is -1.98. The summed E-state index contributed by atoms with van der Waals surface area (Å²) in [6.07, 6.45) is 3.60. The minimum Gasteiger partial charge on any atom is -0.241 e. The highest BCUT2D eigenvalue weighted by molar-refractivity contribution is 7.99. The number of aromatic nitrogens is 2. The maximum absolute atomic E-state index is 5.68. The molecule has 0 amide bonds. The van der Waals surface area contributed by atoms with Gasteiger partial charge in [0.15, 0.2) is 0 Å². The van der Waals surface area contributed by atoms with Gasteiger partial charge in [-0.3, -0.25) is 0 Å². The average molecular weight is 231 g/mol. The SMILES string of the molecule is CCc1cc(SC(C)CCCl)ncn1. The quantitative estimate of drug-likeness (QED) is 0.442. The number of thioether (sulfide) groups is 1. The number of aryl methyl sites for hydroxylation is 1. The molecule has 1 rings (SSSR count). The molecule has 0 N–H and O–H groups in total. The second-order valence-corrected chi connectivity index (χ2v) is 4.94. The van der Waals surface area contributed by atoms with Gasteiger partial charge in [0, 0.05) is 16.8 Å². The summed E-state index contributed by atoms with van der Waals surface area (Å²) in [5.74, 6) is 0.708. The Bertz CT molecular complexity index is 281. The summed E-state index contributed by atoms with van der Waals surface area (Å²) in [4.78, 5) is 8.38. The fourth-order valence-corrected chi connectivity index (χ4v) is 2.47. The zero-order chi connectivity index (χ0) is 10.4. The molecule has 78 valence electrons. The van der Waals surface area contributed by atoms with Crippen molar-refractivity contribution in [3.8, 4) is 0 Å². The zero-order valence-electron chi connectivity index (χ0n) is 8.53. The summed E-state index contributed by atoms with van der Waals surface area (Å²) in [5, 5.41) is 1.57. The molecule has 0 aliphatic carbocycles. The lowest BCUT2D eigenvalue weighted by Gasteiger charge is -2.08. The smallest absolute Gasteiger partial charge is 0.116 e. The molecule has 1 aromatic rings. The molecule has 4 heteroatoms. The molecule has 0 spiro atoms. The van der Waals surface area contributed by atoms with Crippen LogP contribution in [0, 0.1) is 0 Å². The molecule has 0 saturated carbocycles. The molecule has 1 heterocycles. The van der Waals surface area contributed by atoms with E-state index in [2.05, 4.69) is 29.9 Å². The summed E-state index contributed by atoms with van der Waals surface area (Å²) < 4.78 is 0. The molecular weight excluding hydrogens is 216 g/mol. The Hall–Kier alpha value is -0.280. The van der Waals surface area contributed by atoms with Crippen LogP contribution in [0.1, 0.15) is 26.0 Å². The van der Waals surface area contributed by atoms with E-state index in [0.29, 0.717) is 11.1 Å². The Balaban J connectivity index is 2.57. The van der Waals surface area contributed by atoms with E-state index < -0.39 is 0 Å². The molecule has 0 aliphatic heterocycles. The van der Waals surface area contributed by atoms with Crippen molar-refractivity contribution < 1.29 is 0 Å². The zero-order valence-corrected chi connectivity index (χ0v) is 10.1. The van der Waals surface area contributed by atoms with Crippen LogP contribution in [0.15, 0.2) is 17.4 Å². The van der Waals surface area contributed by atoms with Gasteiger partial charge in [-0.05, 0) is 18.9 Å². The Morgan fingerprint density at radius 3 is 2.93 bits per heavy atom. The molecule has 0 bridgehead atoms. The van der Waals surface area contributed by atoms with Crippen LogP contribution in [-0.4, -0.2) is 21.1 Å². The van der Waals surface area contributed by atoms with Crippen LogP contribution in [0.5, 0.6) is 0 Å². The second-order valence-electron chi connectivity index (χ2n) is 3.11. The molecule has 1 atom stereocenters. The van der Waals surface area contributed by atoms with Crippen LogP contribution < -0.4 is 0 Å². The van der Waals surface area contributed by atoms with Crippen molar-refractivity contribution >= 4 is 23.4 Å². The summed E-state index contributed by atoms with van der Waals surface area (Å²) in [6.45, 7) is 4.26. The highest BCUT2D eigenvalue weighted by Gasteiger charge is 2.05. The Morgan fingerprint density at radius 2 is 2.29 bits per heavy atom. The molecule has 1 unspecified atom stereocenters. The van der Waals surface area contributed by atoms with Gasteiger partial charge in [-0.2, -0.15) is 0 Å². The van der Waals surface area contributed by atoms with E-state index in [1.54, 1.807) is 18.1 Å². The molecule has 1 aromatic heterocycles. The normalized spacial score (nSPS) is 12.8. The lowest BCUT2D eigenvalue weighted by atomic mass is 10.3. The summed E-state index contributed by atoms with van der Waals surface area (Å²) >= 11 is 7.44. The van der Waals surface area contributed by atoms with Crippen molar-refractivity contribution in [2.24, 2.45) is 0 Å². The van der Waals surface area contributed by atoms with Gasteiger partial charge in [0.1, 0.15) is 6.33 Å². The van der Waals surface area contributed by atoms with E-state index in [-0.39, 0.29) is 0 Å². The van der Waals surface area contributed by atoms with Gasteiger partial charge in [-0.1, -0.05) is 13.8 Å². The van der Waals surface area contributed by atoms with Crippen molar-refractivity contribution in [2.75, 3.05) is 5.88 Å². The van der Waals surface area contributed by atoms with Crippen LogP contribution in [0.4, 0.5) is 0 Å². The number of nitrogens with zero attached hydrogens (tertiary/aromatic N) is 2. The predicted octanol–water partition coefficient (Wildman–Crippen LogP) is 3.15. The number of hydrogen-bond donors (Lipinski definition) is 0. The third kappa shape index (κ3) is 3.84. The molecule has 0 aliphatic rings. The molecule has 0 saturated heterocycles. The number of rotatable bonds is 5. The van der Waals surface area contributed by atoms with Gasteiger partial charge in [0.25, 0.3) is 0 Å². The van der Waals surface area contributed by atoms with Crippen molar-refractivity contribution in [1.29, 1.82) is 0 Å². The highest BCUT2D eigenvalue weighted by atomic mass is 35.5. The minimum absolute atomic E-state index is 0.520. The Kier molecular flexibility index (Phi) is 5.26. The van der Waals surface area contributed by atoms with Crippen molar-refractivity contribution in [3.63, 3.8) is 0 Å². The monoisotopic (exact) mass is 230 g/mol. The Morgan fingerprint density at radius 1 is 1.50 bits per heavy atom. The van der Waals surface area contributed by atoms with E-state index in [9.17, 15) is 0 Å². The van der Waals surface area contributed by atoms with E-state index in [0.717, 1.165) is 23.6 Å². The van der Waals surface area contributed by atoms with Crippen LogP contribution in [0.2, 0.25) is 0 Å². The van der Waals surface area contributed by atoms with Gasteiger partial charge in [0.2, 0.25) is 0 Å². The third-order valence-corrected chi connectivity index (χ3v) is 3.22. The Labute approximate surface area is 94.5 Å². The third-order valence-electron chi connectivity index (χ3n) is 1.90. The van der Waals surface area contributed by atoms with Gasteiger partial charge in [-0.25, -0.2) is 9.97 Å². The maximum Gasteiger partial charge on any atom is 0.116 e. The number of alkyl halides is 1. The second kappa shape index (κ2) is 6.25. The van der Waals surface area contributed by atoms with E-state index in [4.69, 9.17) is 11.6 Å². The number of hydrogen-bond acceptors (Lipinski definition) is 3. The van der Waals surface area contributed by atoms with E-state index in [1.807, 2.05) is 0 Å². The predicted molar refractivity (Wildman–Crippen MR) is 62.1 cm³/mol. The first-order valence-corrected chi connectivity index (χ1v) is 6.21. The van der Waals surface area contributed by atoms with Crippen LogP contribution in [-0.2, 0) is 6.42 Å². The highest BCUT2D eigenvalue weighted by Crippen LogP contribution is 2.23. The van der Waals surface area contributed by atoms with E-state index in [1.165, 1.54) is 0 Å². The largest absolute Gasteiger partial charge is 0.241 e. The first-order chi connectivity index (χ1) is 6.76. The van der Waals surface area contributed by atoms with Crippen LogP contribution in [0.25, 0.3) is 0 Å². The first kappa shape index (κ1) is 11.8. The van der Waals surface area contributed by atoms with Crippen molar-refractivity contribution in [3.05, 3.63) is 18.1 Å². The van der Waals surface area contributed by atoms with Crippen molar-refractivity contribution in [2.45, 2.75) is 37.0 Å². The van der Waals surface area contributed by atoms with Gasteiger partial charge in [-0.15, -0.1) is 23.4 Å². The fraction of sp³-hybridized carbons (Fsp3) is 0.600. The minimum atomic E-state index is 0.520. The maximum atomic E-state index is 5.68. The molecule has 0 radical (unpaired) electrons.